The van der Waals surface area contributed by atoms with Gasteiger partial charge in [-0.15, -0.1) is 0 Å². The highest BCUT2D eigenvalue weighted by molar-refractivity contribution is 14.1. The Bertz CT molecular complexity index is 1250. The lowest BCUT2D eigenvalue weighted by Gasteiger charge is -2.28. The Balaban J connectivity index is 2.04. The lowest BCUT2D eigenvalue weighted by atomic mass is 9.81. The van der Waals surface area contributed by atoms with Crippen LogP contribution in [0.4, 0.5) is 8.78 Å². The molecule has 6 N–H and O–H groups in total. The lowest BCUT2D eigenvalue weighted by Crippen LogP contribution is -2.35. The number of carbonyl (C=O) groups excluding carboxylic acids is 2. The molecule has 2 atom stereocenters. The van der Waals surface area contributed by atoms with E-state index < -0.39 is 41.2 Å². The number of carbonyl (C=O) groups is 2. The van der Waals surface area contributed by atoms with Gasteiger partial charge in [0.15, 0.2) is 0 Å². The second-order valence-electron chi connectivity index (χ2n) is 8.28. The molecule has 0 aliphatic heterocycles. The van der Waals surface area contributed by atoms with E-state index in [0.29, 0.717) is 6.54 Å². The first kappa shape index (κ1) is 27.5. The van der Waals surface area contributed by atoms with Crippen LogP contribution in [-0.2, 0) is 13.0 Å². The van der Waals surface area contributed by atoms with Gasteiger partial charge in [0.25, 0.3) is 5.91 Å². The van der Waals surface area contributed by atoms with Crippen molar-refractivity contribution in [3.05, 3.63) is 97.6 Å². The Morgan fingerprint density at radius 2 is 1.75 bits per heavy atom. The fourth-order valence-electron chi connectivity index (χ4n) is 4.14. The Morgan fingerprint density at radius 1 is 1.06 bits per heavy atom. The topological polar surface area (TPSA) is 125 Å². The zero-order chi connectivity index (χ0) is 26.4. The van der Waals surface area contributed by atoms with E-state index in [2.05, 4.69) is 33.2 Å². The van der Waals surface area contributed by atoms with Crippen molar-refractivity contribution in [2.45, 2.75) is 25.0 Å². The van der Waals surface area contributed by atoms with Crippen molar-refractivity contribution < 1.29 is 28.6 Å². The molecule has 7 nitrogen and oxygen atoms in total. The van der Waals surface area contributed by atoms with Gasteiger partial charge in [-0.25, -0.2) is 8.78 Å². The molecule has 0 heterocycles. The molecule has 0 spiro atoms. The van der Waals surface area contributed by atoms with E-state index in [-0.39, 0.29) is 35.2 Å². The van der Waals surface area contributed by atoms with Crippen LogP contribution in [0, 0.1) is 15.2 Å². The van der Waals surface area contributed by atoms with Crippen molar-refractivity contribution in [3.8, 4) is 5.75 Å². The summed E-state index contributed by atoms with van der Waals surface area (Å²) < 4.78 is 28.9. The van der Waals surface area contributed by atoms with Crippen LogP contribution >= 0.6 is 22.6 Å². The number of aliphatic hydroxyl groups excluding tert-OH is 1. The van der Waals surface area contributed by atoms with E-state index in [4.69, 9.17) is 5.73 Å². The summed E-state index contributed by atoms with van der Waals surface area (Å²) in [5.41, 5.74) is 6.40. The normalized spacial score (nSPS) is 12.7. The van der Waals surface area contributed by atoms with Crippen molar-refractivity contribution in [3.63, 3.8) is 0 Å². The number of benzene rings is 3. The molecule has 0 unspecified atom stereocenters. The Labute approximate surface area is 220 Å². The first-order valence-corrected chi connectivity index (χ1v) is 12.1. The van der Waals surface area contributed by atoms with Gasteiger partial charge in [0, 0.05) is 41.3 Å². The van der Waals surface area contributed by atoms with Crippen molar-refractivity contribution in [2.75, 3.05) is 13.6 Å². The molecule has 0 fully saturated rings. The van der Waals surface area contributed by atoms with Gasteiger partial charge in [-0.1, -0.05) is 12.1 Å². The van der Waals surface area contributed by atoms with E-state index in [1.54, 1.807) is 0 Å². The number of primary amides is 1. The standard InChI is InChI=1S/C26H26F2IN3O4/c1-31-26(36)24-21(33)6-5-19(25(30)35)23(24)20(10-15-7-16(27)11-17(28)8-15)22(34)13-32-12-14-3-2-4-18(29)9-14/h2-9,11,20,22,32-34H,10,12-13H2,1H3,(H2,30,35)(H,31,36)/t20-,22+/m1/s1. The zero-order valence-electron chi connectivity index (χ0n) is 19.4. The van der Waals surface area contributed by atoms with E-state index in [0.717, 1.165) is 33.4 Å². The molecule has 0 aliphatic rings. The summed E-state index contributed by atoms with van der Waals surface area (Å²) in [6, 6.07) is 13.1. The number of rotatable bonds is 10. The van der Waals surface area contributed by atoms with Crippen LogP contribution in [0.2, 0.25) is 0 Å². The highest BCUT2D eigenvalue weighted by Crippen LogP contribution is 2.35. The number of phenolic OH excluding ortho intramolecular Hbond substituents is 1. The third kappa shape index (κ3) is 6.77. The minimum Gasteiger partial charge on any atom is -0.507 e. The molecular weight excluding hydrogens is 583 g/mol. The summed E-state index contributed by atoms with van der Waals surface area (Å²) in [5, 5.41) is 27.3. The van der Waals surface area contributed by atoms with Gasteiger partial charge in [-0.3, -0.25) is 9.59 Å². The van der Waals surface area contributed by atoms with Gasteiger partial charge in [0.05, 0.1) is 11.7 Å². The molecule has 3 aromatic rings. The molecule has 0 radical (unpaired) electrons. The first-order valence-electron chi connectivity index (χ1n) is 11.1. The lowest BCUT2D eigenvalue weighted by molar-refractivity contribution is 0.0955. The molecular formula is C26H26F2IN3O4. The van der Waals surface area contributed by atoms with E-state index >= 15 is 0 Å². The number of phenols is 1. The summed E-state index contributed by atoms with van der Waals surface area (Å²) in [4.78, 5) is 25.0. The molecule has 2 amide bonds. The van der Waals surface area contributed by atoms with Gasteiger partial charge in [0.2, 0.25) is 5.91 Å². The first-order chi connectivity index (χ1) is 17.1. The maximum atomic E-state index is 13.9. The van der Waals surface area contributed by atoms with Crippen molar-refractivity contribution in [1.29, 1.82) is 0 Å². The van der Waals surface area contributed by atoms with Gasteiger partial charge in [0.1, 0.15) is 17.4 Å². The molecule has 0 aromatic heterocycles. The molecule has 0 saturated heterocycles. The van der Waals surface area contributed by atoms with Crippen LogP contribution in [-0.4, -0.2) is 41.7 Å². The van der Waals surface area contributed by atoms with Crippen molar-refractivity contribution in [2.24, 2.45) is 5.73 Å². The maximum absolute atomic E-state index is 13.9. The van der Waals surface area contributed by atoms with Gasteiger partial charge < -0.3 is 26.6 Å². The fourth-order valence-corrected chi connectivity index (χ4v) is 4.75. The molecule has 36 heavy (non-hydrogen) atoms. The maximum Gasteiger partial charge on any atom is 0.255 e. The number of aromatic hydroxyl groups is 1. The summed E-state index contributed by atoms with van der Waals surface area (Å²) >= 11 is 2.19. The van der Waals surface area contributed by atoms with Gasteiger partial charge >= 0.3 is 0 Å². The fraction of sp³-hybridized carbons (Fsp3) is 0.231. The SMILES string of the molecule is CNC(=O)c1c(O)ccc(C(N)=O)c1[C@H](Cc1cc(F)cc(F)c1)[C@@H](O)CNCc1cccc(I)c1. The number of amides is 2. The minimum atomic E-state index is -1.23. The van der Waals surface area contributed by atoms with E-state index in [1.165, 1.54) is 13.1 Å². The van der Waals surface area contributed by atoms with Crippen LogP contribution in [0.3, 0.4) is 0 Å². The van der Waals surface area contributed by atoms with Crippen LogP contribution in [0.15, 0.2) is 54.6 Å². The molecule has 0 bridgehead atoms. The summed E-state index contributed by atoms with van der Waals surface area (Å²) in [6.45, 7) is 0.426. The highest BCUT2D eigenvalue weighted by atomic mass is 127. The summed E-state index contributed by atoms with van der Waals surface area (Å²) in [5.74, 6) is -4.68. The van der Waals surface area contributed by atoms with Gasteiger partial charge in [-0.2, -0.15) is 0 Å². The number of hydrogen-bond donors (Lipinski definition) is 5. The second-order valence-corrected chi connectivity index (χ2v) is 9.53. The smallest absolute Gasteiger partial charge is 0.255 e. The van der Waals surface area contributed by atoms with Crippen molar-refractivity contribution >= 4 is 34.4 Å². The van der Waals surface area contributed by atoms with Crippen LogP contribution in [0.5, 0.6) is 5.75 Å². The third-order valence-electron chi connectivity index (χ3n) is 5.73. The Hall–Kier alpha value is -3.09. The molecule has 0 saturated carbocycles. The average Bonchev–Trinajstić information content (AvgIpc) is 2.81. The number of aliphatic hydroxyl groups is 1. The van der Waals surface area contributed by atoms with E-state index in [9.17, 15) is 28.6 Å². The Morgan fingerprint density at radius 3 is 2.36 bits per heavy atom. The monoisotopic (exact) mass is 609 g/mol. The second kappa shape index (κ2) is 12.2. The molecule has 0 aliphatic carbocycles. The predicted octanol–water partition coefficient (Wildman–Crippen LogP) is 3.21. The highest BCUT2D eigenvalue weighted by Gasteiger charge is 2.32. The number of nitrogens with one attached hydrogen (secondary N) is 2. The van der Waals surface area contributed by atoms with Gasteiger partial charge in [-0.05, 0) is 82.1 Å². The van der Waals surface area contributed by atoms with Crippen LogP contribution in [0.25, 0.3) is 0 Å². The third-order valence-corrected chi connectivity index (χ3v) is 6.40. The minimum absolute atomic E-state index is 0.00456. The number of nitrogens with two attached hydrogens (primary N) is 1. The number of hydrogen-bond acceptors (Lipinski definition) is 5. The Kier molecular flexibility index (Phi) is 9.35. The van der Waals surface area contributed by atoms with Crippen LogP contribution in [0.1, 0.15) is 43.3 Å². The molecule has 190 valence electrons. The molecule has 3 rings (SSSR count). The summed E-state index contributed by atoms with van der Waals surface area (Å²) in [7, 11) is 1.35. The zero-order valence-corrected chi connectivity index (χ0v) is 21.6. The van der Waals surface area contributed by atoms with E-state index in [1.807, 2.05) is 24.3 Å². The molecule has 3 aromatic carbocycles. The van der Waals surface area contributed by atoms with Crippen LogP contribution < -0.4 is 16.4 Å². The number of halogens is 3. The van der Waals surface area contributed by atoms with Crippen molar-refractivity contribution in [1.82, 2.24) is 10.6 Å². The average molecular weight is 609 g/mol. The summed E-state index contributed by atoms with van der Waals surface area (Å²) in [6.07, 6.45) is -1.38. The molecule has 10 heteroatoms. The largest absolute Gasteiger partial charge is 0.507 e. The predicted molar refractivity (Wildman–Crippen MR) is 140 cm³/mol. The quantitative estimate of drug-likeness (QED) is 0.226.